The number of nitrogens with zero attached hydrogens (tertiary/aromatic N) is 3. The average Bonchev–Trinajstić information content (AvgIpc) is 3.13. The van der Waals surface area contributed by atoms with Crippen molar-refractivity contribution >= 4 is 17.1 Å². The molecule has 0 aromatic carbocycles. The maximum Gasteiger partial charge on any atom is 0.167 e. The van der Waals surface area contributed by atoms with E-state index in [4.69, 9.17) is 5.10 Å². The molecule has 116 valence electrons. The van der Waals surface area contributed by atoms with E-state index in [1.165, 1.54) is 0 Å². The fourth-order valence-electron chi connectivity index (χ4n) is 3.20. The average molecular weight is 323 g/mol. The summed E-state index contributed by atoms with van der Waals surface area (Å²) in [5, 5.41) is 6.79. The van der Waals surface area contributed by atoms with Gasteiger partial charge in [0, 0.05) is 12.6 Å². The molecule has 3 aromatic rings. The van der Waals surface area contributed by atoms with Crippen molar-refractivity contribution in [3.8, 4) is 16.4 Å². The number of carbonyl (C=O) groups excluding carboxylic acids is 1. The van der Waals surface area contributed by atoms with Crippen molar-refractivity contribution in [1.82, 2.24) is 14.8 Å². The van der Waals surface area contributed by atoms with Crippen LogP contribution in [0.5, 0.6) is 0 Å². The summed E-state index contributed by atoms with van der Waals surface area (Å²) in [6.07, 6.45) is 3.12. The van der Waals surface area contributed by atoms with E-state index in [1.807, 2.05) is 40.4 Å². The molecule has 0 amide bonds. The molecule has 4 nitrogen and oxygen atoms in total. The minimum atomic E-state index is -0.0416. The quantitative estimate of drug-likeness (QED) is 0.712. The van der Waals surface area contributed by atoms with Crippen LogP contribution in [0.2, 0.25) is 0 Å². The number of fused-ring (bicyclic) bond motifs is 1. The van der Waals surface area contributed by atoms with Crippen LogP contribution < -0.4 is 0 Å². The second-order valence-electron chi connectivity index (χ2n) is 6.69. The molecule has 0 saturated heterocycles. The van der Waals surface area contributed by atoms with Gasteiger partial charge in [0.2, 0.25) is 0 Å². The summed E-state index contributed by atoms with van der Waals surface area (Å²) in [5.41, 5.74) is 2.51. The molecule has 0 saturated carbocycles. The van der Waals surface area contributed by atoms with Crippen LogP contribution >= 0.6 is 11.3 Å². The van der Waals surface area contributed by atoms with Crippen LogP contribution in [0.25, 0.3) is 16.4 Å². The molecule has 0 radical (unpaired) electrons. The lowest BCUT2D eigenvalue weighted by Crippen LogP contribution is -2.26. The Hall–Kier alpha value is -2.27. The number of aromatic nitrogens is 3. The monoisotopic (exact) mass is 323 g/mol. The number of hydrogen-bond acceptors (Lipinski definition) is 4. The van der Waals surface area contributed by atoms with Crippen molar-refractivity contribution < 1.29 is 4.79 Å². The van der Waals surface area contributed by atoms with Gasteiger partial charge in [-0.3, -0.25) is 4.79 Å². The third-order valence-corrected chi connectivity index (χ3v) is 5.02. The second kappa shape index (κ2) is 5.13. The van der Waals surface area contributed by atoms with E-state index in [9.17, 15) is 4.79 Å². The van der Waals surface area contributed by atoms with Crippen LogP contribution in [0.1, 0.15) is 36.3 Å². The van der Waals surface area contributed by atoms with E-state index in [0.29, 0.717) is 6.42 Å². The summed E-state index contributed by atoms with van der Waals surface area (Å²) in [5.74, 6) is 0.928. The molecule has 4 rings (SSSR count). The Balaban J connectivity index is 1.99. The maximum absolute atomic E-state index is 12.8. The van der Waals surface area contributed by atoms with Gasteiger partial charge in [-0.1, -0.05) is 26.0 Å². The van der Waals surface area contributed by atoms with Crippen molar-refractivity contribution in [2.75, 3.05) is 0 Å². The van der Waals surface area contributed by atoms with Crippen molar-refractivity contribution in [3.05, 3.63) is 53.2 Å². The van der Waals surface area contributed by atoms with Crippen LogP contribution in [0.15, 0.2) is 41.9 Å². The van der Waals surface area contributed by atoms with E-state index >= 15 is 0 Å². The summed E-state index contributed by atoms with van der Waals surface area (Å²) in [6, 6.07) is 9.78. The Morgan fingerprint density at radius 3 is 2.74 bits per heavy atom. The van der Waals surface area contributed by atoms with Crippen molar-refractivity contribution in [1.29, 1.82) is 0 Å². The molecular weight excluding hydrogens is 306 g/mol. The highest BCUT2D eigenvalue weighted by molar-refractivity contribution is 7.13. The SMILES string of the molecule is CC1(C)CC(=O)c2c(nn(-c3ccccn3)c2-c2cccs2)C1. The Bertz CT molecular complexity index is 863. The van der Waals surface area contributed by atoms with Gasteiger partial charge in [-0.05, 0) is 35.4 Å². The molecule has 0 bridgehead atoms. The Morgan fingerprint density at radius 2 is 2.04 bits per heavy atom. The molecule has 0 unspecified atom stereocenters. The molecule has 3 aromatic heterocycles. The molecular formula is C18H17N3OS. The molecule has 23 heavy (non-hydrogen) atoms. The maximum atomic E-state index is 12.8. The normalized spacial score (nSPS) is 16.3. The first-order chi connectivity index (χ1) is 11.1. The summed E-state index contributed by atoms with van der Waals surface area (Å²) in [4.78, 5) is 18.3. The minimum absolute atomic E-state index is 0.0416. The van der Waals surface area contributed by atoms with E-state index in [0.717, 1.165) is 34.1 Å². The van der Waals surface area contributed by atoms with Gasteiger partial charge in [0.15, 0.2) is 11.6 Å². The zero-order chi connectivity index (χ0) is 16.0. The third-order valence-electron chi connectivity index (χ3n) is 4.14. The molecule has 3 heterocycles. The van der Waals surface area contributed by atoms with E-state index in [-0.39, 0.29) is 11.2 Å². The van der Waals surface area contributed by atoms with Gasteiger partial charge in [-0.25, -0.2) is 9.67 Å². The topological polar surface area (TPSA) is 47.8 Å². The third kappa shape index (κ3) is 2.41. The zero-order valence-electron chi connectivity index (χ0n) is 13.1. The largest absolute Gasteiger partial charge is 0.294 e. The molecule has 5 heteroatoms. The predicted octanol–water partition coefficient (Wildman–Crippen LogP) is 4.15. The van der Waals surface area contributed by atoms with Gasteiger partial charge < -0.3 is 0 Å². The molecule has 1 aliphatic carbocycles. The zero-order valence-corrected chi connectivity index (χ0v) is 13.9. The van der Waals surface area contributed by atoms with Gasteiger partial charge in [-0.15, -0.1) is 11.3 Å². The fraction of sp³-hybridized carbons (Fsp3) is 0.278. The van der Waals surface area contributed by atoms with Crippen molar-refractivity contribution in [2.24, 2.45) is 5.41 Å². The number of pyridine rings is 1. The number of Topliss-reactive ketones (excluding diaryl/α,β-unsaturated/α-hetero) is 1. The van der Waals surface area contributed by atoms with E-state index in [1.54, 1.807) is 17.5 Å². The molecule has 1 aliphatic rings. The van der Waals surface area contributed by atoms with Gasteiger partial charge >= 0.3 is 0 Å². The Kier molecular flexibility index (Phi) is 3.20. The number of rotatable bonds is 2. The molecule has 0 fully saturated rings. The second-order valence-corrected chi connectivity index (χ2v) is 7.64. The predicted molar refractivity (Wildman–Crippen MR) is 91.1 cm³/mol. The molecule has 0 spiro atoms. The number of thiophene rings is 1. The van der Waals surface area contributed by atoms with Gasteiger partial charge in [0.05, 0.1) is 21.8 Å². The lowest BCUT2D eigenvalue weighted by atomic mass is 9.75. The molecule has 0 atom stereocenters. The van der Waals surface area contributed by atoms with Crippen LogP contribution in [0, 0.1) is 5.41 Å². The van der Waals surface area contributed by atoms with Crippen molar-refractivity contribution in [3.63, 3.8) is 0 Å². The van der Waals surface area contributed by atoms with Crippen molar-refractivity contribution in [2.45, 2.75) is 26.7 Å². The summed E-state index contributed by atoms with van der Waals surface area (Å²) in [7, 11) is 0. The fourth-order valence-corrected chi connectivity index (χ4v) is 3.97. The minimum Gasteiger partial charge on any atom is -0.294 e. The first-order valence-electron chi connectivity index (χ1n) is 7.65. The Labute approximate surface area is 138 Å². The van der Waals surface area contributed by atoms with Crippen LogP contribution in [-0.2, 0) is 6.42 Å². The van der Waals surface area contributed by atoms with Crippen LogP contribution in [0.3, 0.4) is 0 Å². The summed E-state index contributed by atoms with van der Waals surface area (Å²) < 4.78 is 1.83. The first kappa shape index (κ1) is 14.3. The highest BCUT2D eigenvalue weighted by atomic mass is 32.1. The van der Waals surface area contributed by atoms with Gasteiger partial charge in [-0.2, -0.15) is 5.10 Å². The van der Waals surface area contributed by atoms with Crippen LogP contribution in [0.4, 0.5) is 0 Å². The first-order valence-corrected chi connectivity index (χ1v) is 8.53. The van der Waals surface area contributed by atoms with Gasteiger partial charge in [0.1, 0.15) is 0 Å². The summed E-state index contributed by atoms with van der Waals surface area (Å²) in [6.45, 7) is 4.25. The molecule has 0 N–H and O–H groups in total. The lowest BCUT2D eigenvalue weighted by Gasteiger charge is -2.27. The Morgan fingerprint density at radius 1 is 1.17 bits per heavy atom. The smallest absolute Gasteiger partial charge is 0.167 e. The lowest BCUT2D eigenvalue weighted by molar-refractivity contribution is 0.0912. The van der Waals surface area contributed by atoms with E-state index in [2.05, 4.69) is 18.8 Å². The number of hydrogen-bond donors (Lipinski definition) is 0. The number of ketones is 1. The van der Waals surface area contributed by atoms with Gasteiger partial charge in [0.25, 0.3) is 0 Å². The summed E-state index contributed by atoms with van der Waals surface area (Å²) >= 11 is 1.62. The van der Waals surface area contributed by atoms with E-state index < -0.39 is 0 Å². The highest BCUT2D eigenvalue weighted by Gasteiger charge is 2.37. The standard InChI is InChI=1S/C18H17N3OS/c1-18(2)10-12-16(13(22)11-18)17(14-6-5-9-23-14)21(20-12)15-7-3-4-8-19-15/h3-9H,10-11H2,1-2H3. The highest BCUT2D eigenvalue weighted by Crippen LogP contribution is 2.40. The molecule has 0 aliphatic heterocycles. The van der Waals surface area contributed by atoms with Crippen LogP contribution in [-0.4, -0.2) is 20.5 Å². The number of carbonyl (C=O) groups is 1.